The highest BCUT2D eigenvalue weighted by Gasteiger charge is 2.29. The molecule has 118 valence electrons. The van der Waals surface area contributed by atoms with E-state index in [1.54, 1.807) is 0 Å². The summed E-state index contributed by atoms with van der Waals surface area (Å²) in [5.41, 5.74) is 0. The van der Waals surface area contributed by atoms with Crippen LogP contribution >= 0.6 is 0 Å². The molecule has 0 bridgehead atoms. The van der Waals surface area contributed by atoms with Gasteiger partial charge in [-0.25, -0.2) is 0 Å². The van der Waals surface area contributed by atoms with E-state index >= 15 is 0 Å². The van der Waals surface area contributed by atoms with Crippen molar-refractivity contribution in [3.63, 3.8) is 0 Å². The van der Waals surface area contributed by atoms with Crippen LogP contribution in [0.5, 0.6) is 0 Å². The smallest absolute Gasteiger partial charge is 0.0558 e. The van der Waals surface area contributed by atoms with Gasteiger partial charge in [-0.1, -0.05) is 56.9 Å². The molecule has 0 N–H and O–H groups in total. The third-order valence-corrected chi connectivity index (χ3v) is 5.06. The van der Waals surface area contributed by atoms with Crippen molar-refractivity contribution in [2.24, 2.45) is 16.8 Å². The predicted molar refractivity (Wildman–Crippen MR) is 94.0 cm³/mol. The summed E-state index contributed by atoms with van der Waals surface area (Å²) < 4.78 is 0. The lowest BCUT2D eigenvalue weighted by Crippen LogP contribution is -2.16. The molecule has 3 unspecified atom stereocenters. The fourth-order valence-electron chi connectivity index (χ4n) is 3.76. The van der Waals surface area contributed by atoms with Gasteiger partial charge in [0.25, 0.3) is 0 Å². The summed E-state index contributed by atoms with van der Waals surface area (Å²) in [6.45, 7) is 2.31. The van der Waals surface area contributed by atoms with Gasteiger partial charge in [-0.3, -0.25) is 4.99 Å². The van der Waals surface area contributed by atoms with E-state index in [1.807, 2.05) is 0 Å². The average molecular weight is 287 g/mol. The minimum Gasteiger partial charge on any atom is -0.294 e. The van der Waals surface area contributed by atoms with Crippen LogP contribution < -0.4 is 0 Å². The third kappa shape index (κ3) is 6.20. The Morgan fingerprint density at radius 1 is 0.952 bits per heavy atom. The lowest BCUT2D eigenvalue weighted by atomic mass is 9.92. The summed E-state index contributed by atoms with van der Waals surface area (Å²) in [5, 5.41) is 0. The lowest BCUT2D eigenvalue weighted by molar-refractivity contribution is 0.400. The highest BCUT2D eigenvalue weighted by atomic mass is 14.8. The third-order valence-electron chi connectivity index (χ3n) is 5.06. The molecule has 1 heterocycles. The van der Waals surface area contributed by atoms with Crippen molar-refractivity contribution in [2.45, 2.75) is 83.6 Å². The molecule has 2 rings (SSSR count). The molecule has 2 aliphatic rings. The van der Waals surface area contributed by atoms with E-state index in [0.29, 0.717) is 6.04 Å². The van der Waals surface area contributed by atoms with E-state index in [-0.39, 0.29) is 0 Å². The largest absolute Gasteiger partial charge is 0.294 e. The quantitative estimate of drug-likeness (QED) is 0.553. The molecule has 1 fully saturated rings. The molecule has 1 saturated carbocycles. The predicted octanol–water partition coefficient (Wildman–Crippen LogP) is 6.11. The normalized spacial score (nSPS) is 31.0. The van der Waals surface area contributed by atoms with E-state index in [9.17, 15) is 0 Å². The van der Waals surface area contributed by atoms with Crippen molar-refractivity contribution < 1.29 is 0 Å². The van der Waals surface area contributed by atoms with Crippen molar-refractivity contribution >= 4 is 6.21 Å². The zero-order chi connectivity index (χ0) is 14.8. The monoisotopic (exact) mass is 287 g/mol. The van der Waals surface area contributed by atoms with Crippen LogP contribution in [0.25, 0.3) is 0 Å². The van der Waals surface area contributed by atoms with Gasteiger partial charge in [0, 0.05) is 0 Å². The molecule has 21 heavy (non-hydrogen) atoms. The van der Waals surface area contributed by atoms with Crippen molar-refractivity contribution in [1.29, 1.82) is 0 Å². The molecule has 0 saturated heterocycles. The van der Waals surface area contributed by atoms with Gasteiger partial charge in [0.1, 0.15) is 0 Å². The molecule has 0 aromatic heterocycles. The zero-order valence-electron chi connectivity index (χ0n) is 13.8. The molecule has 0 aromatic carbocycles. The van der Waals surface area contributed by atoms with Crippen molar-refractivity contribution in [1.82, 2.24) is 0 Å². The molecular weight excluding hydrogens is 254 g/mol. The molecule has 1 nitrogen and oxygen atoms in total. The van der Waals surface area contributed by atoms with Crippen LogP contribution in [-0.2, 0) is 0 Å². The van der Waals surface area contributed by atoms with E-state index in [1.165, 1.54) is 51.4 Å². The van der Waals surface area contributed by atoms with E-state index in [4.69, 9.17) is 4.99 Å². The maximum absolute atomic E-state index is 4.94. The topological polar surface area (TPSA) is 12.4 Å². The number of rotatable bonds is 4. The number of hydrogen-bond donors (Lipinski definition) is 0. The maximum atomic E-state index is 4.94. The first-order valence-corrected chi connectivity index (χ1v) is 9.21. The second-order valence-corrected chi connectivity index (χ2v) is 6.81. The minimum absolute atomic E-state index is 0.552. The lowest BCUT2D eigenvalue weighted by Gasteiger charge is -2.19. The summed E-state index contributed by atoms with van der Waals surface area (Å²) in [5.74, 6) is 1.82. The summed E-state index contributed by atoms with van der Waals surface area (Å²) >= 11 is 0. The highest BCUT2D eigenvalue weighted by Crippen LogP contribution is 2.38. The number of aliphatic imine (C=N–C) groups is 1. The van der Waals surface area contributed by atoms with Gasteiger partial charge in [-0.2, -0.15) is 0 Å². The second kappa shape index (κ2) is 9.97. The van der Waals surface area contributed by atoms with E-state index in [0.717, 1.165) is 31.1 Å². The maximum Gasteiger partial charge on any atom is 0.0558 e. The Labute approximate surface area is 131 Å². The molecule has 3 atom stereocenters. The van der Waals surface area contributed by atoms with Crippen molar-refractivity contribution in [2.75, 3.05) is 0 Å². The number of unbranched alkanes of at least 4 members (excludes halogenated alkanes) is 1. The van der Waals surface area contributed by atoms with Crippen LogP contribution in [0.4, 0.5) is 0 Å². The number of nitrogens with zero attached hydrogens (tertiary/aromatic N) is 1. The molecule has 0 amide bonds. The fraction of sp³-hybridized carbons (Fsp3) is 0.750. The Hall–Kier alpha value is -0.850. The van der Waals surface area contributed by atoms with Gasteiger partial charge >= 0.3 is 0 Å². The molecule has 1 aliphatic carbocycles. The van der Waals surface area contributed by atoms with Crippen molar-refractivity contribution in [3.05, 3.63) is 24.3 Å². The van der Waals surface area contributed by atoms with Gasteiger partial charge < -0.3 is 0 Å². The fourth-order valence-corrected chi connectivity index (χ4v) is 3.76. The van der Waals surface area contributed by atoms with Gasteiger partial charge in [0.05, 0.1) is 6.04 Å². The van der Waals surface area contributed by atoms with Crippen LogP contribution in [0.3, 0.4) is 0 Å². The molecule has 0 spiro atoms. The standard InChI is InChI=1S/C20H33N/c1-2-3-12-18-14-15-19(17-18)20-13-10-8-6-4-5-7-9-11-16-21-20/h5,7-8,10,16,18-20H,2-4,6,9,11-15,17H2,1H3. The van der Waals surface area contributed by atoms with Gasteiger partial charge in [0.15, 0.2) is 0 Å². The Morgan fingerprint density at radius 3 is 2.52 bits per heavy atom. The Balaban J connectivity index is 1.87. The molecule has 1 aliphatic heterocycles. The van der Waals surface area contributed by atoms with Gasteiger partial charge in [0.2, 0.25) is 0 Å². The summed E-state index contributed by atoms with van der Waals surface area (Å²) in [4.78, 5) is 4.94. The summed E-state index contributed by atoms with van der Waals surface area (Å²) in [7, 11) is 0. The summed E-state index contributed by atoms with van der Waals surface area (Å²) in [6, 6.07) is 0.552. The van der Waals surface area contributed by atoms with Crippen LogP contribution in [-0.4, -0.2) is 12.3 Å². The van der Waals surface area contributed by atoms with E-state index < -0.39 is 0 Å². The highest BCUT2D eigenvalue weighted by molar-refractivity contribution is 5.57. The summed E-state index contributed by atoms with van der Waals surface area (Å²) in [6.07, 6.45) is 25.9. The van der Waals surface area contributed by atoms with Crippen molar-refractivity contribution in [3.8, 4) is 0 Å². The molecular formula is C20H33N. The SMILES string of the molecule is CCCCC1CCC(C2CC=CCCC=CCCC=N2)C1. The van der Waals surface area contributed by atoms with Crippen LogP contribution in [0.1, 0.15) is 77.6 Å². The van der Waals surface area contributed by atoms with Crippen LogP contribution in [0, 0.1) is 11.8 Å². The van der Waals surface area contributed by atoms with E-state index in [2.05, 4.69) is 37.4 Å². The second-order valence-electron chi connectivity index (χ2n) is 6.81. The molecule has 0 radical (unpaired) electrons. The minimum atomic E-state index is 0.552. The number of hydrogen-bond acceptors (Lipinski definition) is 1. The van der Waals surface area contributed by atoms with Gasteiger partial charge in [-0.05, 0) is 63.0 Å². The Bertz CT molecular complexity index is 353. The van der Waals surface area contributed by atoms with Crippen LogP contribution in [0.2, 0.25) is 0 Å². The van der Waals surface area contributed by atoms with Crippen LogP contribution in [0.15, 0.2) is 29.3 Å². The first-order chi connectivity index (χ1) is 10.4. The Morgan fingerprint density at radius 2 is 1.71 bits per heavy atom. The van der Waals surface area contributed by atoms with Gasteiger partial charge in [-0.15, -0.1) is 0 Å². The molecule has 1 heteroatoms. The first kappa shape index (κ1) is 16.5. The molecule has 0 aromatic rings. The first-order valence-electron chi connectivity index (χ1n) is 9.21. The zero-order valence-corrected chi connectivity index (χ0v) is 13.8. The Kier molecular flexibility index (Phi) is 7.85. The average Bonchev–Trinajstić information content (AvgIpc) is 2.94. The number of allylic oxidation sites excluding steroid dienone is 3.